The molecule has 0 aromatic carbocycles. The molecule has 2 amide bonds. The van der Waals surface area contributed by atoms with Crippen LogP contribution < -0.4 is 10.8 Å². The summed E-state index contributed by atoms with van der Waals surface area (Å²) in [5.74, 6) is -1.83. The molecule has 2 heterocycles. The summed E-state index contributed by atoms with van der Waals surface area (Å²) in [4.78, 5) is 29.0. The van der Waals surface area contributed by atoms with E-state index >= 15 is 0 Å². The maximum absolute atomic E-state index is 13.0. The van der Waals surface area contributed by atoms with Crippen molar-refractivity contribution in [1.82, 2.24) is 20.9 Å². The van der Waals surface area contributed by atoms with E-state index in [1.54, 1.807) is 12.1 Å². The first kappa shape index (κ1) is 22.6. The summed E-state index contributed by atoms with van der Waals surface area (Å²) >= 11 is 0. The lowest BCUT2D eigenvalue weighted by molar-refractivity contribution is -0.147. The van der Waals surface area contributed by atoms with E-state index in [4.69, 9.17) is 14.1 Å². The van der Waals surface area contributed by atoms with Crippen LogP contribution in [0, 0.1) is 17.3 Å². The van der Waals surface area contributed by atoms with Crippen LogP contribution in [-0.4, -0.2) is 38.4 Å². The van der Waals surface area contributed by atoms with Gasteiger partial charge in [-0.2, -0.15) is 4.98 Å². The van der Waals surface area contributed by atoms with Crippen LogP contribution in [0.2, 0.25) is 0 Å². The Hall–Kier alpha value is -2.72. The number of aliphatic hydroxyl groups is 1. The van der Waals surface area contributed by atoms with E-state index < -0.39 is 35.3 Å². The Morgan fingerprint density at radius 2 is 1.93 bits per heavy atom. The minimum atomic E-state index is -1.70. The Kier molecular flexibility index (Phi) is 7.15. The number of aliphatic hydroxyl groups excluding tert-OH is 1. The van der Waals surface area contributed by atoms with Gasteiger partial charge in [0.1, 0.15) is 6.10 Å². The number of carbonyl (C=O) groups is 2. The number of nitrogens with one attached hydrogen (secondary N) is 2. The smallest absolute Gasteiger partial charge is 0.293 e. The van der Waals surface area contributed by atoms with Crippen molar-refractivity contribution < 1.29 is 28.8 Å². The first-order valence-electron chi connectivity index (χ1n) is 9.34. The van der Waals surface area contributed by atoms with Gasteiger partial charge in [0.05, 0.1) is 18.2 Å². The van der Waals surface area contributed by atoms with Crippen LogP contribution in [0.5, 0.6) is 0 Å². The van der Waals surface area contributed by atoms with E-state index in [9.17, 15) is 14.7 Å². The highest BCUT2D eigenvalue weighted by atomic mass is 16.5. The number of rotatable bonds is 8. The van der Waals surface area contributed by atoms with Gasteiger partial charge in [0.2, 0.25) is 5.91 Å². The second-order valence-electron chi connectivity index (χ2n) is 8.40. The number of aromatic nitrogens is 2. The fourth-order valence-electron chi connectivity index (χ4n) is 2.91. The predicted molar refractivity (Wildman–Crippen MR) is 101 cm³/mol. The monoisotopic (exact) mass is 408 g/mol. The van der Waals surface area contributed by atoms with Gasteiger partial charge in [0, 0.05) is 0 Å². The number of hydrogen-bond acceptors (Lipinski definition) is 8. The Morgan fingerprint density at radius 1 is 1.24 bits per heavy atom. The van der Waals surface area contributed by atoms with Gasteiger partial charge in [-0.3, -0.25) is 14.8 Å². The number of hydroxylamine groups is 1. The Morgan fingerprint density at radius 3 is 2.45 bits per heavy atom. The van der Waals surface area contributed by atoms with Crippen molar-refractivity contribution in [3.05, 3.63) is 24.2 Å². The van der Waals surface area contributed by atoms with Crippen LogP contribution in [0.25, 0.3) is 11.7 Å². The molecule has 0 radical (unpaired) electrons. The molecule has 2 aromatic rings. The van der Waals surface area contributed by atoms with Gasteiger partial charge >= 0.3 is 0 Å². The fourth-order valence-corrected chi connectivity index (χ4v) is 2.91. The lowest BCUT2D eigenvalue weighted by Crippen LogP contribution is -2.48. The maximum Gasteiger partial charge on any atom is 0.293 e. The average Bonchev–Trinajstić information content (AvgIpc) is 3.32. The van der Waals surface area contributed by atoms with Gasteiger partial charge in [-0.15, -0.1) is 0 Å². The van der Waals surface area contributed by atoms with Gasteiger partial charge in [-0.05, 0) is 29.9 Å². The van der Waals surface area contributed by atoms with Crippen molar-refractivity contribution in [2.45, 2.75) is 53.2 Å². The van der Waals surface area contributed by atoms with Crippen LogP contribution in [0.1, 0.15) is 52.9 Å². The predicted octanol–water partition coefficient (Wildman–Crippen LogP) is 2.06. The molecule has 4 N–H and O–H groups in total. The molecule has 0 aliphatic heterocycles. The molecule has 1 unspecified atom stereocenters. The van der Waals surface area contributed by atoms with Crippen LogP contribution in [0.3, 0.4) is 0 Å². The molecule has 10 nitrogen and oxygen atoms in total. The second-order valence-corrected chi connectivity index (χ2v) is 8.40. The highest BCUT2D eigenvalue weighted by molar-refractivity contribution is 5.88. The molecule has 10 heteroatoms. The second kappa shape index (κ2) is 9.19. The highest BCUT2D eigenvalue weighted by Gasteiger charge is 2.38. The molecule has 0 saturated heterocycles. The van der Waals surface area contributed by atoms with Crippen molar-refractivity contribution in [3.8, 4) is 11.7 Å². The molecular weight excluding hydrogens is 380 g/mol. The fraction of sp³-hybridized carbons (Fsp3) is 0.579. The Balaban J connectivity index is 2.28. The van der Waals surface area contributed by atoms with Gasteiger partial charge in [-0.1, -0.05) is 39.8 Å². The number of carbonyl (C=O) groups excluding carboxylic acids is 2. The summed E-state index contributed by atoms with van der Waals surface area (Å²) in [5, 5.41) is 25.8. The van der Waals surface area contributed by atoms with Crippen molar-refractivity contribution in [3.63, 3.8) is 0 Å². The molecule has 2 aromatic heterocycles. The summed E-state index contributed by atoms with van der Waals surface area (Å²) in [6.07, 6.45) is 0.0139. The van der Waals surface area contributed by atoms with E-state index in [1.807, 2.05) is 34.6 Å². The third-order valence-corrected chi connectivity index (χ3v) is 4.41. The minimum absolute atomic E-state index is 0.0238. The van der Waals surface area contributed by atoms with Gasteiger partial charge < -0.3 is 19.4 Å². The SMILES string of the molecule is CC(C)CC(C(=O)N[C@H](c1noc(-c2ccco2)n1)C(C)(C)C)[C@H](O)C(=O)NO. The van der Waals surface area contributed by atoms with Gasteiger partial charge in [-0.25, -0.2) is 5.48 Å². The largest absolute Gasteiger partial charge is 0.459 e. The van der Waals surface area contributed by atoms with E-state index in [0.29, 0.717) is 5.76 Å². The maximum atomic E-state index is 13.0. The number of nitrogens with zero attached hydrogens (tertiary/aromatic N) is 2. The molecule has 29 heavy (non-hydrogen) atoms. The summed E-state index contributed by atoms with van der Waals surface area (Å²) in [5.41, 5.74) is 0.881. The van der Waals surface area contributed by atoms with Gasteiger partial charge in [0.15, 0.2) is 11.6 Å². The van der Waals surface area contributed by atoms with E-state index in [2.05, 4.69) is 15.5 Å². The molecule has 2 rings (SSSR count). The molecule has 0 bridgehead atoms. The van der Waals surface area contributed by atoms with Crippen molar-refractivity contribution in [2.24, 2.45) is 17.3 Å². The lowest BCUT2D eigenvalue weighted by atomic mass is 9.84. The topological polar surface area (TPSA) is 151 Å². The van der Waals surface area contributed by atoms with Crippen molar-refractivity contribution in [2.75, 3.05) is 0 Å². The number of amides is 2. The van der Waals surface area contributed by atoms with Crippen LogP contribution in [0.15, 0.2) is 27.3 Å². The summed E-state index contributed by atoms with van der Waals surface area (Å²) < 4.78 is 10.5. The first-order valence-corrected chi connectivity index (χ1v) is 9.34. The van der Waals surface area contributed by atoms with Crippen molar-refractivity contribution >= 4 is 11.8 Å². The number of hydrogen-bond donors (Lipinski definition) is 4. The van der Waals surface area contributed by atoms with Crippen molar-refractivity contribution in [1.29, 1.82) is 0 Å². The van der Waals surface area contributed by atoms with Crippen LogP contribution >= 0.6 is 0 Å². The number of furan rings is 1. The minimum Gasteiger partial charge on any atom is -0.459 e. The standard InChI is InChI=1S/C19H28N4O6/c1-10(2)9-11(13(24)17(26)22-27)16(25)20-14(19(3,4)5)15-21-18(29-23-15)12-7-6-8-28-12/h6-8,10-11,13-14,24,27H,9H2,1-5H3,(H,20,25)(H,22,26)/t11?,13-,14+/m0/s1. The molecule has 0 aliphatic carbocycles. The summed E-state index contributed by atoms with van der Waals surface area (Å²) in [6.45, 7) is 9.37. The molecule has 160 valence electrons. The zero-order chi connectivity index (χ0) is 21.8. The van der Waals surface area contributed by atoms with Gasteiger partial charge in [0.25, 0.3) is 11.8 Å². The Labute approximate surface area is 168 Å². The first-order chi connectivity index (χ1) is 13.5. The highest BCUT2D eigenvalue weighted by Crippen LogP contribution is 2.33. The van der Waals surface area contributed by atoms with E-state index in [0.717, 1.165) is 0 Å². The van der Waals surface area contributed by atoms with E-state index in [1.165, 1.54) is 11.7 Å². The molecule has 0 saturated carbocycles. The van der Waals surface area contributed by atoms with E-state index in [-0.39, 0.29) is 24.1 Å². The third-order valence-electron chi connectivity index (χ3n) is 4.41. The average molecular weight is 408 g/mol. The zero-order valence-electron chi connectivity index (χ0n) is 17.2. The third kappa shape index (κ3) is 5.64. The molecule has 0 fully saturated rings. The lowest BCUT2D eigenvalue weighted by Gasteiger charge is -2.31. The summed E-state index contributed by atoms with van der Waals surface area (Å²) in [7, 11) is 0. The van der Waals surface area contributed by atoms with Crippen LogP contribution in [0.4, 0.5) is 0 Å². The summed E-state index contributed by atoms with van der Waals surface area (Å²) in [6, 6.07) is 2.69. The molecule has 3 atom stereocenters. The molecule has 0 aliphatic rings. The molecular formula is C19H28N4O6. The zero-order valence-corrected chi connectivity index (χ0v) is 17.2. The van der Waals surface area contributed by atoms with Crippen LogP contribution in [-0.2, 0) is 9.59 Å². The quantitative estimate of drug-likeness (QED) is 0.383. The normalized spacial score (nSPS) is 15.0. The Bertz CT molecular complexity index is 809. The molecule has 0 spiro atoms.